The molecule has 0 spiro atoms. The Bertz CT molecular complexity index is 1100. The molecule has 3 rings (SSSR count). The van der Waals surface area contributed by atoms with Gasteiger partial charge in [0, 0.05) is 14.9 Å². The molecule has 6 nitrogen and oxygen atoms in total. The van der Waals surface area contributed by atoms with E-state index in [-0.39, 0.29) is 11.5 Å². The van der Waals surface area contributed by atoms with E-state index in [0.29, 0.717) is 16.9 Å². The van der Waals surface area contributed by atoms with Crippen LogP contribution < -0.4 is 10.0 Å². The highest BCUT2D eigenvalue weighted by Crippen LogP contribution is 2.23. The molecule has 1 amide bonds. The quantitative estimate of drug-likeness (QED) is 0.439. The van der Waals surface area contributed by atoms with Gasteiger partial charge in [-0.3, -0.25) is 10.0 Å². The van der Waals surface area contributed by atoms with Gasteiger partial charge in [0.2, 0.25) is 0 Å². The number of ether oxygens (including phenoxy) is 1. The molecule has 150 valence electrons. The van der Waals surface area contributed by atoms with Crippen LogP contribution in [-0.4, -0.2) is 14.5 Å². The van der Waals surface area contributed by atoms with Crippen molar-refractivity contribution in [2.75, 3.05) is 10.0 Å². The van der Waals surface area contributed by atoms with Crippen LogP contribution in [0.4, 0.5) is 16.2 Å². The van der Waals surface area contributed by atoms with Crippen LogP contribution in [0, 0.1) is 10.5 Å². The lowest BCUT2D eigenvalue weighted by molar-refractivity contribution is 0.155. The number of hydrogen-bond acceptors (Lipinski definition) is 4. The fraction of sp³-hybridized carbons (Fsp3) is 0.0952. The van der Waals surface area contributed by atoms with Gasteiger partial charge in [-0.05, 0) is 77.0 Å². The van der Waals surface area contributed by atoms with Gasteiger partial charge in [-0.1, -0.05) is 36.4 Å². The van der Waals surface area contributed by atoms with Crippen molar-refractivity contribution in [3.63, 3.8) is 0 Å². The molecule has 0 aliphatic rings. The Morgan fingerprint density at radius 2 is 1.62 bits per heavy atom. The van der Waals surface area contributed by atoms with E-state index in [4.69, 9.17) is 4.74 Å². The number of anilines is 2. The van der Waals surface area contributed by atoms with Crippen LogP contribution in [0.2, 0.25) is 0 Å². The summed E-state index contributed by atoms with van der Waals surface area (Å²) >= 11 is 2.15. The van der Waals surface area contributed by atoms with E-state index in [1.165, 1.54) is 6.07 Å². The predicted molar refractivity (Wildman–Crippen MR) is 121 cm³/mol. The van der Waals surface area contributed by atoms with Gasteiger partial charge in [0.25, 0.3) is 10.0 Å². The molecule has 0 heterocycles. The third-order valence-electron chi connectivity index (χ3n) is 4.03. The Morgan fingerprint density at radius 3 is 2.31 bits per heavy atom. The third-order valence-corrected chi connectivity index (χ3v) is 6.28. The third kappa shape index (κ3) is 5.94. The second-order valence-corrected chi connectivity index (χ2v) is 9.18. The van der Waals surface area contributed by atoms with Crippen molar-refractivity contribution < 1.29 is 17.9 Å². The Balaban J connectivity index is 1.71. The van der Waals surface area contributed by atoms with Crippen molar-refractivity contribution in [1.29, 1.82) is 0 Å². The molecule has 2 N–H and O–H groups in total. The number of hydrogen-bond donors (Lipinski definition) is 2. The number of benzene rings is 3. The first-order chi connectivity index (χ1) is 13.8. The molecule has 0 saturated heterocycles. The van der Waals surface area contributed by atoms with E-state index in [1.54, 1.807) is 31.2 Å². The van der Waals surface area contributed by atoms with Gasteiger partial charge in [0.05, 0.1) is 4.90 Å². The maximum Gasteiger partial charge on any atom is 0.411 e. The first-order valence-corrected chi connectivity index (χ1v) is 11.3. The number of amides is 1. The number of halogens is 1. The summed E-state index contributed by atoms with van der Waals surface area (Å²) in [5.41, 5.74) is 2.21. The lowest BCUT2D eigenvalue weighted by Gasteiger charge is -2.13. The highest BCUT2D eigenvalue weighted by molar-refractivity contribution is 14.1. The molecule has 3 aromatic rings. The minimum Gasteiger partial charge on any atom is -0.444 e. The van der Waals surface area contributed by atoms with Crippen molar-refractivity contribution in [1.82, 2.24) is 0 Å². The summed E-state index contributed by atoms with van der Waals surface area (Å²) in [7, 11) is -3.81. The van der Waals surface area contributed by atoms with Crippen LogP contribution in [-0.2, 0) is 21.4 Å². The molecule has 0 saturated carbocycles. The molecule has 3 aromatic carbocycles. The van der Waals surface area contributed by atoms with Gasteiger partial charge in [-0.15, -0.1) is 0 Å². The molecule has 0 unspecified atom stereocenters. The first-order valence-electron chi connectivity index (χ1n) is 8.70. The molecule has 8 heteroatoms. The molecule has 0 aromatic heterocycles. The fourth-order valence-corrected chi connectivity index (χ4v) is 4.26. The van der Waals surface area contributed by atoms with Crippen LogP contribution in [0.3, 0.4) is 0 Å². The number of aryl methyl sites for hydroxylation is 1. The zero-order valence-corrected chi connectivity index (χ0v) is 18.5. The number of sulfonamides is 1. The predicted octanol–water partition coefficient (Wildman–Crippen LogP) is 5.15. The number of nitrogens with one attached hydrogen (secondary N) is 2. The van der Waals surface area contributed by atoms with Crippen LogP contribution >= 0.6 is 22.6 Å². The van der Waals surface area contributed by atoms with Crippen LogP contribution in [0.5, 0.6) is 0 Å². The SMILES string of the molecule is Cc1ccc(NC(=O)OCc2ccccc2)cc1S(=O)(=O)Nc1ccc(I)cc1. The highest BCUT2D eigenvalue weighted by atomic mass is 127. The topological polar surface area (TPSA) is 84.5 Å². The Labute approximate surface area is 183 Å². The largest absolute Gasteiger partial charge is 0.444 e. The van der Waals surface area contributed by atoms with Crippen LogP contribution in [0.25, 0.3) is 0 Å². The van der Waals surface area contributed by atoms with E-state index >= 15 is 0 Å². The lowest BCUT2D eigenvalue weighted by atomic mass is 10.2. The zero-order valence-electron chi connectivity index (χ0n) is 15.6. The van der Waals surface area contributed by atoms with E-state index in [0.717, 1.165) is 9.13 Å². The smallest absolute Gasteiger partial charge is 0.411 e. The average Bonchev–Trinajstić information content (AvgIpc) is 2.70. The normalized spacial score (nSPS) is 11.0. The second-order valence-electron chi connectivity index (χ2n) is 6.28. The summed E-state index contributed by atoms with van der Waals surface area (Å²) in [4.78, 5) is 12.1. The molecule has 0 atom stereocenters. The van der Waals surface area contributed by atoms with Gasteiger partial charge in [0.1, 0.15) is 6.61 Å². The zero-order chi connectivity index (χ0) is 20.9. The molecule has 0 bridgehead atoms. The maximum atomic E-state index is 12.8. The molecular weight excluding hydrogens is 503 g/mol. The molecule has 29 heavy (non-hydrogen) atoms. The highest BCUT2D eigenvalue weighted by Gasteiger charge is 2.18. The number of carbonyl (C=O) groups is 1. The number of rotatable bonds is 6. The standard InChI is InChI=1S/C21H19IN2O4S/c1-15-7-10-19(23-21(25)28-14-16-5-3-2-4-6-16)13-20(15)29(26,27)24-18-11-8-17(22)9-12-18/h2-13,24H,14H2,1H3,(H,23,25). The minimum atomic E-state index is -3.81. The van der Waals surface area contributed by atoms with E-state index in [2.05, 4.69) is 32.6 Å². The monoisotopic (exact) mass is 522 g/mol. The summed E-state index contributed by atoms with van der Waals surface area (Å²) in [6.07, 6.45) is -0.661. The van der Waals surface area contributed by atoms with E-state index < -0.39 is 16.1 Å². The summed E-state index contributed by atoms with van der Waals surface area (Å²) in [5.74, 6) is 0. The van der Waals surface area contributed by atoms with Crippen LogP contribution in [0.1, 0.15) is 11.1 Å². The van der Waals surface area contributed by atoms with Crippen molar-refractivity contribution in [3.05, 3.63) is 87.5 Å². The van der Waals surface area contributed by atoms with Crippen molar-refractivity contribution in [3.8, 4) is 0 Å². The van der Waals surface area contributed by atoms with Crippen molar-refractivity contribution in [2.45, 2.75) is 18.4 Å². The summed E-state index contributed by atoms with van der Waals surface area (Å²) < 4.78 is 34.3. The Kier molecular flexibility index (Phi) is 6.75. The lowest BCUT2D eigenvalue weighted by Crippen LogP contribution is -2.16. The second kappa shape index (κ2) is 9.27. The molecule has 0 radical (unpaired) electrons. The van der Waals surface area contributed by atoms with E-state index in [9.17, 15) is 13.2 Å². The molecule has 0 aliphatic heterocycles. The van der Waals surface area contributed by atoms with Gasteiger partial charge in [0.15, 0.2) is 0 Å². The van der Waals surface area contributed by atoms with Gasteiger partial charge >= 0.3 is 6.09 Å². The fourth-order valence-electron chi connectivity index (χ4n) is 2.57. The van der Waals surface area contributed by atoms with Crippen molar-refractivity contribution >= 4 is 50.1 Å². The Hall–Kier alpha value is -2.59. The van der Waals surface area contributed by atoms with Crippen molar-refractivity contribution in [2.24, 2.45) is 0 Å². The molecule has 0 aliphatic carbocycles. The summed E-state index contributed by atoms with van der Waals surface area (Å²) in [6.45, 7) is 1.82. The number of carbonyl (C=O) groups excluding carboxylic acids is 1. The van der Waals surface area contributed by atoms with Crippen LogP contribution in [0.15, 0.2) is 77.7 Å². The molecular formula is C21H19IN2O4S. The van der Waals surface area contributed by atoms with Gasteiger partial charge < -0.3 is 4.74 Å². The Morgan fingerprint density at radius 1 is 0.966 bits per heavy atom. The average molecular weight is 522 g/mol. The summed E-state index contributed by atoms with van der Waals surface area (Å²) in [5, 5.41) is 2.57. The minimum absolute atomic E-state index is 0.0805. The van der Waals surface area contributed by atoms with Gasteiger partial charge in [-0.25, -0.2) is 13.2 Å². The first kappa shape index (κ1) is 21.1. The molecule has 0 fully saturated rings. The van der Waals surface area contributed by atoms with Gasteiger partial charge in [-0.2, -0.15) is 0 Å². The summed E-state index contributed by atoms with van der Waals surface area (Å²) in [6, 6.07) is 21.0. The maximum absolute atomic E-state index is 12.8. The van der Waals surface area contributed by atoms with E-state index in [1.807, 2.05) is 42.5 Å².